The molecule has 0 saturated heterocycles. The minimum Gasteiger partial charge on any atom is -0.307 e. The summed E-state index contributed by atoms with van der Waals surface area (Å²) >= 11 is 0. The lowest BCUT2D eigenvalue weighted by Gasteiger charge is -2.23. The molecule has 0 spiro atoms. The van der Waals surface area contributed by atoms with Crippen LogP contribution in [0, 0.1) is 0 Å². The van der Waals surface area contributed by atoms with Gasteiger partial charge in [-0.25, -0.2) is 4.68 Å². The van der Waals surface area contributed by atoms with Crippen LogP contribution in [-0.4, -0.2) is 20.7 Å². The van der Waals surface area contributed by atoms with E-state index in [1.807, 2.05) is 22.9 Å². The molecule has 2 aromatic rings. The van der Waals surface area contributed by atoms with Crippen molar-refractivity contribution in [2.75, 3.05) is 5.32 Å². The molecular weight excluding hydrogens is 276 g/mol. The average molecular weight is 296 g/mol. The van der Waals surface area contributed by atoms with E-state index in [9.17, 15) is 4.79 Å². The molecule has 1 saturated carbocycles. The third kappa shape index (κ3) is 3.61. The first-order valence-corrected chi connectivity index (χ1v) is 7.75. The average Bonchev–Trinajstić information content (AvgIpc) is 3.03. The number of nitrogens with one attached hydrogen (secondary N) is 1. The van der Waals surface area contributed by atoms with Gasteiger partial charge in [-0.05, 0) is 30.5 Å². The lowest BCUT2D eigenvalue weighted by molar-refractivity contribution is -0.111. The van der Waals surface area contributed by atoms with E-state index in [4.69, 9.17) is 0 Å². The quantitative estimate of drug-likeness (QED) is 0.879. The Kier molecular flexibility index (Phi) is 4.63. The molecule has 22 heavy (non-hydrogen) atoms. The van der Waals surface area contributed by atoms with Crippen LogP contribution in [0.15, 0.2) is 42.9 Å². The molecule has 5 nitrogen and oxygen atoms in total. The zero-order valence-corrected chi connectivity index (χ0v) is 12.5. The normalized spacial score (nSPS) is 16.0. The molecule has 1 fully saturated rings. The van der Waals surface area contributed by atoms with Gasteiger partial charge in [-0.2, -0.15) is 5.10 Å². The second-order valence-electron chi connectivity index (χ2n) is 5.56. The van der Waals surface area contributed by atoms with Crippen LogP contribution in [0.2, 0.25) is 0 Å². The summed E-state index contributed by atoms with van der Waals surface area (Å²) in [5, 5.41) is 7.29. The van der Waals surface area contributed by atoms with Crippen LogP contribution >= 0.6 is 0 Å². The summed E-state index contributed by atoms with van der Waals surface area (Å²) in [6, 6.07) is 6.00. The van der Waals surface area contributed by atoms with E-state index >= 15 is 0 Å². The van der Waals surface area contributed by atoms with E-state index in [0.29, 0.717) is 6.04 Å². The van der Waals surface area contributed by atoms with Gasteiger partial charge < -0.3 is 5.32 Å². The van der Waals surface area contributed by atoms with E-state index < -0.39 is 0 Å². The molecule has 0 aromatic carbocycles. The molecule has 2 aromatic heterocycles. The highest BCUT2D eigenvalue weighted by Gasteiger charge is 2.18. The standard InChI is InChI=1S/C17H20N4O/c22-17(9-8-14-5-4-11-18-13-14)20-16-10-12-19-21(16)15-6-2-1-3-7-15/h4-5,8-13,15H,1-3,6-7H2,(H,20,22)/b9-8+. The van der Waals surface area contributed by atoms with Crippen LogP contribution in [-0.2, 0) is 4.79 Å². The number of nitrogens with zero attached hydrogens (tertiary/aromatic N) is 3. The summed E-state index contributed by atoms with van der Waals surface area (Å²) in [4.78, 5) is 16.1. The maximum Gasteiger partial charge on any atom is 0.249 e. The van der Waals surface area contributed by atoms with Crippen molar-refractivity contribution in [2.24, 2.45) is 0 Å². The zero-order valence-electron chi connectivity index (χ0n) is 12.5. The van der Waals surface area contributed by atoms with Crippen molar-refractivity contribution in [1.82, 2.24) is 14.8 Å². The van der Waals surface area contributed by atoms with Gasteiger partial charge >= 0.3 is 0 Å². The first-order chi connectivity index (χ1) is 10.8. The fourth-order valence-electron chi connectivity index (χ4n) is 2.84. The van der Waals surface area contributed by atoms with Crippen LogP contribution < -0.4 is 5.32 Å². The number of rotatable bonds is 4. The van der Waals surface area contributed by atoms with Gasteiger partial charge in [-0.3, -0.25) is 9.78 Å². The predicted octanol–water partition coefficient (Wildman–Crippen LogP) is 3.44. The molecule has 0 bridgehead atoms. The zero-order chi connectivity index (χ0) is 15.2. The van der Waals surface area contributed by atoms with E-state index in [1.54, 1.807) is 24.7 Å². The minimum absolute atomic E-state index is 0.151. The highest BCUT2D eigenvalue weighted by molar-refractivity contribution is 6.01. The molecule has 0 aliphatic heterocycles. The van der Waals surface area contributed by atoms with E-state index in [-0.39, 0.29) is 5.91 Å². The Balaban J connectivity index is 1.64. The van der Waals surface area contributed by atoms with Crippen LogP contribution in [0.3, 0.4) is 0 Å². The number of amides is 1. The molecule has 2 heterocycles. The number of pyridine rings is 1. The van der Waals surface area contributed by atoms with Gasteiger partial charge in [0.2, 0.25) is 5.91 Å². The van der Waals surface area contributed by atoms with Gasteiger partial charge in [-0.1, -0.05) is 25.3 Å². The van der Waals surface area contributed by atoms with Crippen molar-refractivity contribution in [2.45, 2.75) is 38.1 Å². The largest absolute Gasteiger partial charge is 0.307 e. The summed E-state index contributed by atoms with van der Waals surface area (Å²) in [5.74, 6) is 0.620. The second kappa shape index (κ2) is 7.02. The Morgan fingerprint density at radius 3 is 2.86 bits per heavy atom. The van der Waals surface area contributed by atoms with Crippen molar-refractivity contribution < 1.29 is 4.79 Å². The number of carbonyl (C=O) groups is 1. The summed E-state index contributed by atoms with van der Waals surface area (Å²) < 4.78 is 1.95. The van der Waals surface area contributed by atoms with Gasteiger partial charge in [0.05, 0.1) is 12.2 Å². The second-order valence-corrected chi connectivity index (χ2v) is 5.56. The number of hydrogen-bond acceptors (Lipinski definition) is 3. The minimum atomic E-state index is -0.151. The maximum absolute atomic E-state index is 12.1. The third-order valence-electron chi connectivity index (χ3n) is 3.95. The lowest BCUT2D eigenvalue weighted by Crippen LogP contribution is -2.19. The molecule has 0 unspecified atom stereocenters. The maximum atomic E-state index is 12.1. The van der Waals surface area contributed by atoms with Crippen LogP contribution in [0.1, 0.15) is 43.7 Å². The van der Waals surface area contributed by atoms with Crippen LogP contribution in [0.25, 0.3) is 6.08 Å². The van der Waals surface area contributed by atoms with Gasteiger partial charge in [0.15, 0.2) is 0 Å². The van der Waals surface area contributed by atoms with E-state index in [0.717, 1.165) is 24.2 Å². The van der Waals surface area contributed by atoms with Crippen molar-refractivity contribution in [1.29, 1.82) is 0 Å². The predicted molar refractivity (Wildman–Crippen MR) is 86.2 cm³/mol. The fourth-order valence-corrected chi connectivity index (χ4v) is 2.84. The number of anilines is 1. The summed E-state index contributed by atoms with van der Waals surface area (Å²) in [6.45, 7) is 0. The monoisotopic (exact) mass is 296 g/mol. The highest BCUT2D eigenvalue weighted by Crippen LogP contribution is 2.29. The molecule has 1 amide bonds. The number of carbonyl (C=O) groups excluding carboxylic acids is 1. The van der Waals surface area contributed by atoms with Gasteiger partial charge in [0.25, 0.3) is 0 Å². The molecule has 114 valence electrons. The number of hydrogen-bond donors (Lipinski definition) is 1. The molecule has 0 radical (unpaired) electrons. The third-order valence-corrected chi connectivity index (χ3v) is 3.95. The van der Waals surface area contributed by atoms with Gasteiger partial charge in [0.1, 0.15) is 5.82 Å². The molecule has 3 rings (SSSR count). The SMILES string of the molecule is O=C(/C=C/c1cccnc1)Nc1ccnn1C1CCCCC1. The Hall–Kier alpha value is -2.43. The molecule has 1 aliphatic rings. The van der Waals surface area contributed by atoms with Crippen molar-refractivity contribution in [3.63, 3.8) is 0 Å². The van der Waals surface area contributed by atoms with E-state index in [2.05, 4.69) is 15.4 Å². The van der Waals surface area contributed by atoms with Crippen LogP contribution in [0.4, 0.5) is 5.82 Å². The molecule has 1 aliphatic carbocycles. The first-order valence-electron chi connectivity index (χ1n) is 7.75. The van der Waals surface area contributed by atoms with Gasteiger partial charge in [0, 0.05) is 24.5 Å². The summed E-state index contributed by atoms with van der Waals surface area (Å²) in [6.07, 6.45) is 14.5. The lowest BCUT2D eigenvalue weighted by atomic mass is 9.96. The summed E-state index contributed by atoms with van der Waals surface area (Å²) in [5.41, 5.74) is 0.901. The molecule has 0 atom stereocenters. The molecular formula is C17H20N4O. The first kappa shape index (κ1) is 14.5. The fraction of sp³-hybridized carbons (Fsp3) is 0.353. The van der Waals surface area contributed by atoms with E-state index in [1.165, 1.54) is 25.3 Å². The Morgan fingerprint density at radius 1 is 1.23 bits per heavy atom. The topological polar surface area (TPSA) is 59.8 Å². The Bertz CT molecular complexity index is 642. The highest BCUT2D eigenvalue weighted by atomic mass is 16.1. The summed E-state index contributed by atoms with van der Waals surface area (Å²) in [7, 11) is 0. The van der Waals surface area contributed by atoms with Crippen LogP contribution in [0.5, 0.6) is 0 Å². The molecule has 1 N–H and O–H groups in total. The van der Waals surface area contributed by atoms with Crippen molar-refractivity contribution in [3.05, 3.63) is 48.4 Å². The molecule has 5 heteroatoms. The Labute approximate surface area is 130 Å². The van der Waals surface area contributed by atoms with Crippen molar-refractivity contribution in [3.8, 4) is 0 Å². The number of aromatic nitrogens is 3. The smallest absolute Gasteiger partial charge is 0.249 e. The van der Waals surface area contributed by atoms with Crippen molar-refractivity contribution >= 4 is 17.8 Å². The Morgan fingerprint density at radius 2 is 2.09 bits per heavy atom. The van der Waals surface area contributed by atoms with Gasteiger partial charge in [-0.15, -0.1) is 0 Å².